The van der Waals surface area contributed by atoms with Crippen LogP contribution in [0.1, 0.15) is 5.56 Å². The molecule has 1 aromatic carbocycles. The number of nitrogens with zero attached hydrogens (tertiary/aromatic N) is 1. The number of anilines is 1. The van der Waals surface area contributed by atoms with Gasteiger partial charge in [-0.05, 0) is 29.8 Å². The van der Waals surface area contributed by atoms with Gasteiger partial charge in [0.2, 0.25) is 0 Å². The van der Waals surface area contributed by atoms with Gasteiger partial charge in [0.25, 0.3) is 0 Å². The molecule has 2 N–H and O–H groups in total. The summed E-state index contributed by atoms with van der Waals surface area (Å²) < 4.78 is 14.1. The number of nitrogens with one attached hydrogen (secondary N) is 2. The Morgan fingerprint density at radius 3 is 2.89 bits per heavy atom. The van der Waals surface area contributed by atoms with Crippen molar-refractivity contribution in [2.24, 2.45) is 0 Å². The highest BCUT2D eigenvalue weighted by Crippen LogP contribution is 2.19. The number of rotatable bonds is 3. The first kappa shape index (κ1) is 13.5. The molecule has 0 atom stereocenters. The fourth-order valence-electron chi connectivity index (χ4n) is 1.44. The molecule has 0 aliphatic rings. The quantitative estimate of drug-likeness (QED) is 0.910. The SMILES string of the molecule is O=C(NCc1cccnc1)Nc1ccc(Br)cc1F. The number of urea groups is 1. The van der Waals surface area contributed by atoms with Crippen LogP contribution < -0.4 is 10.6 Å². The molecule has 0 unspecified atom stereocenters. The maximum atomic E-state index is 13.5. The van der Waals surface area contributed by atoms with Crippen molar-refractivity contribution in [1.82, 2.24) is 10.3 Å². The second kappa shape index (κ2) is 6.29. The number of pyridine rings is 1. The topological polar surface area (TPSA) is 54.0 Å². The van der Waals surface area contributed by atoms with Crippen LogP contribution in [-0.4, -0.2) is 11.0 Å². The molecule has 0 bridgehead atoms. The van der Waals surface area contributed by atoms with Gasteiger partial charge >= 0.3 is 6.03 Å². The van der Waals surface area contributed by atoms with Crippen LogP contribution in [-0.2, 0) is 6.54 Å². The molecular weight excluding hydrogens is 313 g/mol. The summed E-state index contributed by atoms with van der Waals surface area (Å²) in [6.45, 7) is 0.331. The Morgan fingerprint density at radius 2 is 2.21 bits per heavy atom. The second-order valence-corrected chi connectivity index (χ2v) is 4.71. The van der Waals surface area contributed by atoms with E-state index in [1.165, 1.54) is 12.1 Å². The lowest BCUT2D eigenvalue weighted by Crippen LogP contribution is -2.28. The van der Waals surface area contributed by atoms with E-state index in [2.05, 4.69) is 31.5 Å². The smallest absolute Gasteiger partial charge is 0.319 e. The van der Waals surface area contributed by atoms with E-state index >= 15 is 0 Å². The number of amides is 2. The van der Waals surface area contributed by atoms with E-state index in [-0.39, 0.29) is 5.69 Å². The fraction of sp³-hybridized carbons (Fsp3) is 0.0769. The lowest BCUT2D eigenvalue weighted by Gasteiger charge is -2.08. The zero-order valence-electron chi connectivity index (χ0n) is 9.86. The summed E-state index contributed by atoms with van der Waals surface area (Å²) in [5, 5.41) is 5.06. The van der Waals surface area contributed by atoms with Crippen LogP contribution in [0, 0.1) is 5.82 Å². The Hall–Kier alpha value is -1.95. The van der Waals surface area contributed by atoms with Crippen molar-refractivity contribution in [2.45, 2.75) is 6.54 Å². The lowest BCUT2D eigenvalue weighted by molar-refractivity contribution is 0.251. The number of hydrogen-bond donors (Lipinski definition) is 2. The molecule has 0 fully saturated rings. The first-order valence-corrected chi connectivity index (χ1v) is 6.33. The second-order valence-electron chi connectivity index (χ2n) is 3.79. The summed E-state index contributed by atoms with van der Waals surface area (Å²) in [6, 6.07) is 7.58. The van der Waals surface area contributed by atoms with Gasteiger partial charge in [-0.2, -0.15) is 0 Å². The molecule has 4 nitrogen and oxygen atoms in total. The lowest BCUT2D eigenvalue weighted by atomic mass is 10.3. The molecular formula is C13H11BrFN3O. The molecule has 0 aliphatic heterocycles. The highest BCUT2D eigenvalue weighted by Gasteiger charge is 2.06. The van der Waals surface area contributed by atoms with E-state index in [0.29, 0.717) is 11.0 Å². The Kier molecular flexibility index (Phi) is 4.46. The summed E-state index contributed by atoms with van der Waals surface area (Å²) in [4.78, 5) is 15.5. The summed E-state index contributed by atoms with van der Waals surface area (Å²) in [5.74, 6) is -0.495. The zero-order chi connectivity index (χ0) is 13.7. The van der Waals surface area contributed by atoms with Gasteiger partial charge in [-0.25, -0.2) is 9.18 Å². The molecule has 2 rings (SSSR count). The van der Waals surface area contributed by atoms with Gasteiger partial charge < -0.3 is 10.6 Å². The molecule has 6 heteroatoms. The van der Waals surface area contributed by atoms with E-state index in [1.807, 2.05) is 6.07 Å². The minimum absolute atomic E-state index is 0.131. The van der Waals surface area contributed by atoms with E-state index in [9.17, 15) is 9.18 Å². The van der Waals surface area contributed by atoms with Gasteiger partial charge in [-0.15, -0.1) is 0 Å². The van der Waals surface area contributed by atoms with E-state index in [0.717, 1.165) is 5.56 Å². The average Bonchev–Trinajstić information content (AvgIpc) is 2.41. The molecule has 0 spiro atoms. The summed E-state index contributed by atoms with van der Waals surface area (Å²) in [5.41, 5.74) is 1.00. The summed E-state index contributed by atoms with van der Waals surface area (Å²) in [7, 11) is 0. The van der Waals surface area contributed by atoms with Crippen LogP contribution in [0.25, 0.3) is 0 Å². The van der Waals surface area contributed by atoms with E-state index < -0.39 is 11.8 Å². The third-order valence-electron chi connectivity index (χ3n) is 2.36. The molecule has 0 radical (unpaired) electrons. The maximum Gasteiger partial charge on any atom is 0.319 e. The van der Waals surface area contributed by atoms with Gasteiger partial charge in [0.1, 0.15) is 5.82 Å². The molecule has 0 saturated heterocycles. The first-order chi connectivity index (χ1) is 9.15. The fourth-order valence-corrected chi connectivity index (χ4v) is 1.78. The Bertz CT molecular complexity index is 577. The van der Waals surface area contributed by atoms with Crippen LogP contribution in [0.3, 0.4) is 0 Å². The number of benzene rings is 1. The van der Waals surface area contributed by atoms with Crippen LogP contribution in [0.2, 0.25) is 0 Å². The highest BCUT2D eigenvalue weighted by molar-refractivity contribution is 9.10. The van der Waals surface area contributed by atoms with Crippen molar-refractivity contribution < 1.29 is 9.18 Å². The van der Waals surface area contributed by atoms with Gasteiger partial charge in [-0.3, -0.25) is 4.98 Å². The standard InChI is InChI=1S/C13H11BrFN3O/c14-10-3-4-12(11(15)6-10)18-13(19)17-8-9-2-1-5-16-7-9/h1-7H,8H2,(H2,17,18,19). The van der Waals surface area contributed by atoms with Gasteiger partial charge in [-0.1, -0.05) is 22.0 Å². The van der Waals surface area contributed by atoms with Crippen LogP contribution >= 0.6 is 15.9 Å². The number of carbonyl (C=O) groups is 1. The molecule has 2 aromatic rings. The van der Waals surface area contributed by atoms with Crippen LogP contribution in [0.5, 0.6) is 0 Å². The van der Waals surface area contributed by atoms with E-state index in [1.54, 1.807) is 24.5 Å². The van der Waals surface area contributed by atoms with Crippen molar-refractivity contribution in [1.29, 1.82) is 0 Å². The summed E-state index contributed by atoms with van der Waals surface area (Å²) in [6.07, 6.45) is 3.31. The Morgan fingerprint density at radius 1 is 1.37 bits per heavy atom. The highest BCUT2D eigenvalue weighted by atomic mass is 79.9. The number of aromatic nitrogens is 1. The van der Waals surface area contributed by atoms with Crippen LogP contribution in [0.15, 0.2) is 47.2 Å². The monoisotopic (exact) mass is 323 g/mol. The Labute approximate surface area is 118 Å². The predicted molar refractivity (Wildman–Crippen MR) is 74.2 cm³/mol. The Balaban J connectivity index is 1.91. The van der Waals surface area contributed by atoms with Crippen molar-refractivity contribution in [3.8, 4) is 0 Å². The molecule has 19 heavy (non-hydrogen) atoms. The van der Waals surface area contributed by atoms with Gasteiger partial charge in [0.05, 0.1) is 5.69 Å². The number of carbonyl (C=O) groups excluding carboxylic acids is 1. The minimum Gasteiger partial charge on any atom is -0.334 e. The largest absolute Gasteiger partial charge is 0.334 e. The van der Waals surface area contributed by atoms with E-state index in [4.69, 9.17) is 0 Å². The molecule has 0 aliphatic carbocycles. The first-order valence-electron chi connectivity index (χ1n) is 5.54. The average molecular weight is 324 g/mol. The van der Waals surface area contributed by atoms with Crippen LogP contribution in [0.4, 0.5) is 14.9 Å². The maximum absolute atomic E-state index is 13.5. The van der Waals surface area contributed by atoms with Crippen molar-refractivity contribution in [3.63, 3.8) is 0 Å². The molecule has 2 amide bonds. The third-order valence-corrected chi connectivity index (χ3v) is 2.85. The molecule has 98 valence electrons. The molecule has 1 aromatic heterocycles. The van der Waals surface area contributed by atoms with Crippen molar-refractivity contribution in [3.05, 3.63) is 58.6 Å². The number of halogens is 2. The van der Waals surface area contributed by atoms with Gasteiger partial charge in [0, 0.05) is 23.4 Å². The van der Waals surface area contributed by atoms with Gasteiger partial charge in [0.15, 0.2) is 0 Å². The zero-order valence-corrected chi connectivity index (χ0v) is 11.4. The molecule has 1 heterocycles. The third kappa shape index (κ3) is 4.03. The number of hydrogen-bond acceptors (Lipinski definition) is 2. The van der Waals surface area contributed by atoms with Crippen molar-refractivity contribution in [2.75, 3.05) is 5.32 Å². The summed E-state index contributed by atoms with van der Waals surface area (Å²) >= 11 is 3.15. The minimum atomic E-state index is -0.495. The normalized spacial score (nSPS) is 10.0. The van der Waals surface area contributed by atoms with Crippen molar-refractivity contribution >= 4 is 27.6 Å². The molecule has 0 saturated carbocycles. The predicted octanol–water partition coefficient (Wildman–Crippen LogP) is 3.30.